The van der Waals surface area contributed by atoms with Gasteiger partial charge < -0.3 is 14.9 Å². The number of nitrogens with zero attached hydrogens (tertiary/aromatic N) is 3. The van der Waals surface area contributed by atoms with Gasteiger partial charge in [-0.25, -0.2) is 0 Å². The Morgan fingerprint density at radius 1 is 1.16 bits per heavy atom. The lowest BCUT2D eigenvalue weighted by Gasteiger charge is -2.37. The van der Waals surface area contributed by atoms with Crippen LogP contribution in [0.4, 0.5) is 13.2 Å². The SMILES string of the molecule is CN1CCN([C@H]2CN(C(=O)c3cccc(C(F)(F)F)c3)C[C@@H]2O)CC1. The van der Waals surface area contributed by atoms with Crippen LogP contribution in [0.1, 0.15) is 15.9 Å². The molecular formula is C17H22F3N3O2. The molecule has 3 rings (SSSR count). The molecule has 2 aliphatic rings. The molecule has 5 nitrogen and oxygen atoms in total. The monoisotopic (exact) mass is 357 g/mol. The van der Waals surface area contributed by atoms with Crippen molar-refractivity contribution in [2.24, 2.45) is 0 Å². The number of aliphatic hydroxyl groups is 1. The summed E-state index contributed by atoms with van der Waals surface area (Å²) in [5.74, 6) is -0.471. The van der Waals surface area contributed by atoms with E-state index in [0.717, 1.165) is 38.3 Å². The number of halogens is 3. The van der Waals surface area contributed by atoms with Crippen molar-refractivity contribution in [2.75, 3.05) is 46.3 Å². The zero-order valence-electron chi connectivity index (χ0n) is 14.0. The van der Waals surface area contributed by atoms with Crippen LogP contribution >= 0.6 is 0 Å². The first kappa shape index (κ1) is 18.2. The van der Waals surface area contributed by atoms with Gasteiger partial charge in [0.2, 0.25) is 0 Å². The molecule has 2 saturated heterocycles. The lowest BCUT2D eigenvalue weighted by Crippen LogP contribution is -2.52. The number of amides is 1. The van der Waals surface area contributed by atoms with Gasteiger partial charge in [-0.2, -0.15) is 13.2 Å². The highest BCUT2D eigenvalue weighted by molar-refractivity contribution is 5.94. The average molecular weight is 357 g/mol. The summed E-state index contributed by atoms with van der Waals surface area (Å²) in [6, 6.07) is 4.28. The summed E-state index contributed by atoms with van der Waals surface area (Å²) in [5.41, 5.74) is -0.838. The molecule has 0 aliphatic carbocycles. The minimum absolute atomic E-state index is 0.000975. The molecular weight excluding hydrogens is 335 g/mol. The van der Waals surface area contributed by atoms with E-state index in [2.05, 4.69) is 9.80 Å². The third kappa shape index (κ3) is 3.96. The number of carbonyl (C=O) groups is 1. The number of hydrogen-bond donors (Lipinski definition) is 1. The molecule has 2 aliphatic heterocycles. The van der Waals surface area contributed by atoms with Crippen LogP contribution in [-0.4, -0.2) is 84.2 Å². The fourth-order valence-corrected chi connectivity index (χ4v) is 3.46. The van der Waals surface area contributed by atoms with Crippen LogP contribution in [0.15, 0.2) is 24.3 Å². The Kier molecular flexibility index (Phi) is 5.04. The summed E-state index contributed by atoms with van der Waals surface area (Å²) < 4.78 is 38.5. The molecule has 2 atom stereocenters. The molecule has 138 valence electrons. The lowest BCUT2D eigenvalue weighted by molar-refractivity contribution is -0.137. The van der Waals surface area contributed by atoms with Crippen molar-refractivity contribution in [1.82, 2.24) is 14.7 Å². The Bertz CT molecular complexity index is 630. The standard InChI is InChI=1S/C17H22F3N3O2/c1-21-5-7-22(8-6-21)14-10-23(11-15(14)24)16(25)12-3-2-4-13(9-12)17(18,19)20/h2-4,9,14-15,24H,5-8,10-11H2,1H3/t14-,15-/m0/s1. The zero-order valence-corrected chi connectivity index (χ0v) is 14.0. The molecule has 0 saturated carbocycles. The number of hydrogen-bond acceptors (Lipinski definition) is 4. The van der Waals surface area contributed by atoms with Crippen LogP contribution < -0.4 is 0 Å². The van der Waals surface area contributed by atoms with E-state index in [-0.39, 0.29) is 18.2 Å². The van der Waals surface area contributed by atoms with E-state index >= 15 is 0 Å². The summed E-state index contributed by atoms with van der Waals surface area (Å²) in [6.07, 6.45) is -5.17. The Hall–Kier alpha value is -1.64. The third-order valence-electron chi connectivity index (χ3n) is 4.99. The van der Waals surface area contributed by atoms with Crippen molar-refractivity contribution in [3.63, 3.8) is 0 Å². The molecule has 0 unspecified atom stereocenters. The summed E-state index contributed by atoms with van der Waals surface area (Å²) in [7, 11) is 2.03. The first-order chi connectivity index (χ1) is 11.8. The molecule has 0 aromatic heterocycles. The summed E-state index contributed by atoms with van der Waals surface area (Å²) >= 11 is 0. The lowest BCUT2D eigenvalue weighted by atomic mass is 10.1. The molecule has 8 heteroatoms. The number of benzene rings is 1. The topological polar surface area (TPSA) is 47.0 Å². The van der Waals surface area contributed by atoms with Gasteiger partial charge in [0, 0.05) is 44.8 Å². The molecule has 1 aromatic rings. The number of alkyl halides is 3. The maximum Gasteiger partial charge on any atom is 0.416 e. The Morgan fingerprint density at radius 3 is 2.48 bits per heavy atom. The van der Waals surface area contributed by atoms with Gasteiger partial charge in [-0.3, -0.25) is 9.69 Å². The highest BCUT2D eigenvalue weighted by atomic mass is 19.4. The predicted molar refractivity (Wildman–Crippen MR) is 86.2 cm³/mol. The molecule has 2 heterocycles. The average Bonchev–Trinajstić information content (AvgIpc) is 2.96. The van der Waals surface area contributed by atoms with Crippen molar-refractivity contribution < 1.29 is 23.1 Å². The second-order valence-electron chi connectivity index (χ2n) is 6.76. The maximum absolute atomic E-state index is 12.8. The Morgan fingerprint density at radius 2 is 1.84 bits per heavy atom. The van der Waals surface area contributed by atoms with E-state index in [4.69, 9.17) is 0 Å². The van der Waals surface area contributed by atoms with Crippen molar-refractivity contribution in [3.05, 3.63) is 35.4 Å². The summed E-state index contributed by atoms with van der Waals surface area (Å²) in [5, 5.41) is 10.3. The van der Waals surface area contributed by atoms with E-state index in [1.54, 1.807) is 0 Å². The van der Waals surface area contributed by atoms with Gasteiger partial charge in [-0.05, 0) is 25.2 Å². The van der Waals surface area contributed by atoms with Crippen LogP contribution in [0.25, 0.3) is 0 Å². The van der Waals surface area contributed by atoms with E-state index in [9.17, 15) is 23.1 Å². The van der Waals surface area contributed by atoms with Gasteiger partial charge in [-0.15, -0.1) is 0 Å². The number of β-amino-alcohol motifs (C(OH)–C–C–N with tert-alkyl or cyclic N) is 1. The smallest absolute Gasteiger partial charge is 0.390 e. The normalized spacial score (nSPS) is 26.2. The summed E-state index contributed by atoms with van der Waals surface area (Å²) in [4.78, 5) is 18.4. The molecule has 0 spiro atoms. The van der Waals surface area contributed by atoms with Gasteiger partial charge in [0.25, 0.3) is 5.91 Å². The van der Waals surface area contributed by atoms with Gasteiger partial charge >= 0.3 is 6.18 Å². The Labute approximate surface area is 144 Å². The summed E-state index contributed by atoms with van der Waals surface area (Å²) in [6.45, 7) is 3.88. The largest absolute Gasteiger partial charge is 0.416 e. The number of carbonyl (C=O) groups excluding carboxylic acids is 1. The van der Waals surface area contributed by atoms with Crippen LogP contribution in [0.5, 0.6) is 0 Å². The number of piperazine rings is 1. The first-order valence-corrected chi connectivity index (χ1v) is 8.33. The molecule has 1 aromatic carbocycles. The quantitative estimate of drug-likeness (QED) is 0.862. The molecule has 25 heavy (non-hydrogen) atoms. The van der Waals surface area contributed by atoms with Gasteiger partial charge in [0.1, 0.15) is 0 Å². The van der Waals surface area contributed by atoms with Crippen molar-refractivity contribution in [2.45, 2.75) is 18.3 Å². The number of likely N-dealkylation sites (N-methyl/N-ethyl adjacent to an activating group) is 1. The number of rotatable bonds is 2. The highest BCUT2D eigenvalue weighted by Crippen LogP contribution is 2.30. The molecule has 0 radical (unpaired) electrons. The Balaban J connectivity index is 1.70. The fourth-order valence-electron chi connectivity index (χ4n) is 3.46. The highest BCUT2D eigenvalue weighted by Gasteiger charge is 2.39. The van der Waals surface area contributed by atoms with E-state index < -0.39 is 23.8 Å². The third-order valence-corrected chi connectivity index (χ3v) is 4.99. The van der Waals surface area contributed by atoms with E-state index in [1.807, 2.05) is 7.05 Å². The number of aliphatic hydroxyl groups excluding tert-OH is 1. The maximum atomic E-state index is 12.8. The second-order valence-corrected chi connectivity index (χ2v) is 6.76. The first-order valence-electron chi connectivity index (χ1n) is 8.33. The van der Waals surface area contributed by atoms with E-state index in [1.165, 1.54) is 17.0 Å². The van der Waals surface area contributed by atoms with Gasteiger partial charge in [0.05, 0.1) is 17.7 Å². The van der Waals surface area contributed by atoms with Crippen molar-refractivity contribution in [3.8, 4) is 0 Å². The van der Waals surface area contributed by atoms with Crippen LogP contribution in [0, 0.1) is 0 Å². The molecule has 1 amide bonds. The van der Waals surface area contributed by atoms with Gasteiger partial charge in [-0.1, -0.05) is 6.07 Å². The van der Waals surface area contributed by atoms with E-state index in [0.29, 0.717) is 6.54 Å². The van der Waals surface area contributed by atoms with Gasteiger partial charge in [0.15, 0.2) is 0 Å². The second kappa shape index (κ2) is 6.93. The van der Waals surface area contributed by atoms with Crippen LogP contribution in [-0.2, 0) is 6.18 Å². The fraction of sp³-hybridized carbons (Fsp3) is 0.588. The molecule has 2 fully saturated rings. The van der Waals surface area contributed by atoms with Crippen LogP contribution in [0.3, 0.4) is 0 Å². The zero-order chi connectivity index (χ0) is 18.2. The molecule has 0 bridgehead atoms. The minimum atomic E-state index is -4.48. The van der Waals surface area contributed by atoms with Crippen LogP contribution in [0.2, 0.25) is 0 Å². The van der Waals surface area contributed by atoms with Crippen molar-refractivity contribution >= 4 is 5.91 Å². The minimum Gasteiger partial charge on any atom is -0.390 e. The predicted octanol–water partition coefficient (Wildman–Crippen LogP) is 1.14. The molecule has 1 N–H and O–H groups in total. The van der Waals surface area contributed by atoms with Crippen molar-refractivity contribution in [1.29, 1.82) is 0 Å². The number of likely N-dealkylation sites (tertiary alicyclic amines) is 1.